The van der Waals surface area contributed by atoms with E-state index in [-0.39, 0.29) is 5.92 Å². The number of hydrogen-bond acceptors (Lipinski definition) is 3. The van der Waals surface area contributed by atoms with E-state index in [2.05, 4.69) is 23.1 Å². The molecule has 1 atom stereocenters. The topological polar surface area (TPSA) is 40.5 Å². The molecule has 1 aromatic rings. The molecular formula is C15H16ClNO2S. The van der Waals surface area contributed by atoms with Crippen LogP contribution in [0.3, 0.4) is 0 Å². The fourth-order valence-electron chi connectivity index (χ4n) is 2.58. The summed E-state index contributed by atoms with van der Waals surface area (Å²) >= 11 is 7.79. The van der Waals surface area contributed by atoms with Gasteiger partial charge in [-0.15, -0.1) is 11.8 Å². The number of benzene rings is 1. The Kier molecular flexibility index (Phi) is 4.06. The Morgan fingerprint density at radius 2 is 2.05 bits per heavy atom. The Bertz CT molecular complexity index is 537. The van der Waals surface area contributed by atoms with Crippen LogP contribution in [0.2, 0.25) is 5.02 Å². The first-order chi connectivity index (χ1) is 9.61. The lowest BCUT2D eigenvalue weighted by molar-refractivity contribution is -0.147. The summed E-state index contributed by atoms with van der Waals surface area (Å²) in [6.07, 6.45) is 3.32. The molecule has 1 unspecified atom stereocenters. The van der Waals surface area contributed by atoms with Crippen LogP contribution < -0.4 is 0 Å². The highest BCUT2D eigenvalue weighted by atomic mass is 35.5. The molecule has 0 aliphatic carbocycles. The zero-order valence-corrected chi connectivity index (χ0v) is 12.5. The molecule has 0 aromatic heterocycles. The number of thioether (sulfide) groups is 1. The molecule has 3 rings (SSSR count). The van der Waals surface area contributed by atoms with Crippen molar-refractivity contribution < 1.29 is 9.90 Å². The minimum atomic E-state index is -0.673. The van der Waals surface area contributed by atoms with E-state index < -0.39 is 5.97 Å². The highest BCUT2D eigenvalue weighted by Gasteiger charge is 2.33. The van der Waals surface area contributed by atoms with Crippen molar-refractivity contribution in [3.05, 3.63) is 45.8 Å². The van der Waals surface area contributed by atoms with Gasteiger partial charge in [0, 0.05) is 29.9 Å². The van der Waals surface area contributed by atoms with E-state index in [9.17, 15) is 4.79 Å². The fraction of sp³-hybridized carbons (Fsp3) is 0.400. The second-order valence-electron chi connectivity index (χ2n) is 5.29. The molecule has 0 saturated carbocycles. The van der Waals surface area contributed by atoms with Gasteiger partial charge in [-0.25, -0.2) is 0 Å². The van der Waals surface area contributed by atoms with Crippen molar-refractivity contribution in [2.45, 2.75) is 11.7 Å². The van der Waals surface area contributed by atoms with Crippen molar-refractivity contribution in [1.82, 2.24) is 4.90 Å². The zero-order valence-electron chi connectivity index (χ0n) is 11.0. The summed E-state index contributed by atoms with van der Waals surface area (Å²) in [5, 5.41) is 10.1. The van der Waals surface area contributed by atoms with Gasteiger partial charge in [0.2, 0.25) is 0 Å². The van der Waals surface area contributed by atoms with Crippen molar-refractivity contribution in [1.29, 1.82) is 0 Å². The molecular weight excluding hydrogens is 294 g/mol. The molecule has 5 heteroatoms. The number of aliphatic carboxylic acids is 1. The SMILES string of the molecule is O=C(O)C1CN(CC2=CCC(c3ccc(Cl)cc3)S2)C1. The number of rotatable bonds is 4. The van der Waals surface area contributed by atoms with Crippen molar-refractivity contribution >= 4 is 29.3 Å². The van der Waals surface area contributed by atoms with Gasteiger partial charge in [-0.3, -0.25) is 9.69 Å². The lowest BCUT2D eigenvalue weighted by atomic mass is 10.0. The van der Waals surface area contributed by atoms with Gasteiger partial charge in [-0.1, -0.05) is 29.8 Å². The van der Waals surface area contributed by atoms with E-state index in [0.717, 1.165) is 18.0 Å². The van der Waals surface area contributed by atoms with Gasteiger partial charge in [0.05, 0.1) is 5.92 Å². The summed E-state index contributed by atoms with van der Waals surface area (Å²) in [5.74, 6) is -0.845. The van der Waals surface area contributed by atoms with Crippen LogP contribution in [0.1, 0.15) is 17.2 Å². The maximum atomic E-state index is 10.8. The zero-order chi connectivity index (χ0) is 14.1. The Labute approximate surface area is 127 Å². The number of hydrogen-bond donors (Lipinski definition) is 1. The second-order valence-corrected chi connectivity index (χ2v) is 7.06. The van der Waals surface area contributed by atoms with Gasteiger partial charge in [-0.2, -0.15) is 0 Å². The number of allylic oxidation sites excluding steroid dienone is 1. The molecule has 0 radical (unpaired) electrons. The minimum absolute atomic E-state index is 0.172. The van der Waals surface area contributed by atoms with E-state index in [4.69, 9.17) is 16.7 Å². The van der Waals surface area contributed by atoms with Gasteiger partial charge in [0.1, 0.15) is 0 Å². The van der Waals surface area contributed by atoms with Crippen molar-refractivity contribution in [2.75, 3.05) is 19.6 Å². The van der Waals surface area contributed by atoms with Gasteiger partial charge in [-0.05, 0) is 29.0 Å². The molecule has 1 fully saturated rings. The minimum Gasteiger partial charge on any atom is -0.481 e. The van der Waals surface area contributed by atoms with E-state index >= 15 is 0 Å². The predicted octanol–water partition coefficient (Wildman–Crippen LogP) is 3.42. The summed E-state index contributed by atoms with van der Waals surface area (Å²) in [4.78, 5) is 14.3. The molecule has 106 valence electrons. The van der Waals surface area contributed by atoms with Crippen LogP contribution in [0.15, 0.2) is 35.2 Å². The first-order valence-electron chi connectivity index (χ1n) is 6.68. The molecule has 2 heterocycles. The molecule has 0 bridgehead atoms. The van der Waals surface area contributed by atoms with Crippen LogP contribution in [-0.4, -0.2) is 35.6 Å². The van der Waals surface area contributed by atoms with Crippen LogP contribution in [0, 0.1) is 5.92 Å². The first-order valence-corrected chi connectivity index (χ1v) is 7.94. The molecule has 2 aliphatic heterocycles. The molecule has 3 nitrogen and oxygen atoms in total. The third kappa shape index (κ3) is 3.03. The average molecular weight is 310 g/mol. The molecule has 0 amide bonds. The smallest absolute Gasteiger partial charge is 0.309 e. The van der Waals surface area contributed by atoms with Crippen molar-refractivity contribution in [3.63, 3.8) is 0 Å². The standard InChI is InChI=1S/C15H16ClNO2S/c16-12-3-1-10(2-4-12)14-6-5-13(20-14)9-17-7-11(8-17)15(18)19/h1-5,11,14H,6-9H2,(H,18,19). The summed E-state index contributed by atoms with van der Waals surface area (Å²) in [5.41, 5.74) is 1.30. The number of halogens is 1. The number of likely N-dealkylation sites (tertiary alicyclic amines) is 1. The Morgan fingerprint density at radius 1 is 1.35 bits per heavy atom. The van der Waals surface area contributed by atoms with E-state index in [0.29, 0.717) is 18.3 Å². The quantitative estimate of drug-likeness (QED) is 0.925. The van der Waals surface area contributed by atoms with Gasteiger partial charge < -0.3 is 5.11 Å². The lowest BCUT2D eigenvalue weighted by Crippen LogP contribution is -2.50. The van der Waals surface area contributed by atoms with Gasteiger partial charge >= 0.3 is 5.97 Å². The Balaban J connectivity index is 1.50. The first kappa shape index (κ1) is 14.0. The van der Waals surface area contributed by atoms with E-state index in [1.807, 2.05) is 23.9 Å². The van der Waals surface area contributed by atoms with Crippen molar-refractivity contribution in [2.24, 2.45) is 5.92 Å². The van der Waals surface area contributed by atoms with E-state index in [1.165, 1.54) is 10.5 Å². The van der Waals surface area contributed by atoms with Gasteiger partial charge in [0.25, 0.3) is 0 Å². The van der Waals surface area contributed by atoms with Crippen LogP contribution in [0.4, 0.5) is 0 Å². The third-order valence-electron chi connectivity index (χ3n) is 3.78. The maximum Gasteiger partial charge on any atom is 0.309 e. The largest absolute Gasteiger partial charge is 0.481 e. The van der Waals surface area contributed by atoms with Crippen molar-refractivity contribution in [3.8, 4) is 0 Å². The molecule has 1 N–H and O–H groups in total. The highest BCUT2D eigenvalue weighted by Crippen LogP contribution is 2.44. The number of nitrogens with zero attached hydrogens (tertiary/aromatic N) is 1. The lowest BCUT2D eigenvalue weighted by Gasteiger charge is -2.36. The van der Waals surface area contributed by atoms with Gasteiger partial charge in [0.15, 0.2) is 0 Å². The number of carboxylic acids is 1. The second kappa shape index (κ2) is 5.80. The van der Waals surface area contributed by atoms with E-state index in [1.54, 1.807) is 0 Å². The predicted molar refractivity (Wildman–Crippen MR) is 82.0 cm³/mol. The normalized spacial score (nSPS) is 23.4. The Morgan fingerprint density at radius 3 is 2.70 bits per heavy atom. The van der Waals surface area contributed by atoms with Crippen LogP contribution in [0.25, 0.3) is 0 Å². The molecule has 2 aliphatic rings. The summed E-state index contributed by atoms with van der Waals surface area (Å²) in [6, 6.07) is 8.03. The third-order valence-corrected chi connectivity index (χ3v) is 5.38. The monoisotopic (exact) mass is 309 g/mol. The van der Waals surface area contributed by atoms with Crippen LogP contribution >= 0.6 is 23.4 Å². The molecule has 20 heavy (non-hydrogen) atoms. The Hall–Kier alpha value is -0.970. The number of carbonyl (C=O) groups is 1. The van der Waals surface area contributed by atoms with Crippen LogP contribution in [-0.2, 0) is 4.79 Å². The molecule has 0 spiro atoms. The average Bonchev–Trinajstić information content (AvgIpc) is 2.82. The van der Waals surface area contributed by atoms with Crippen LogP contribution in [0.5, 0.6) is 0 Å². The summed E-state index contributed by atoms with van der Waals surface area (Å²) in [6.45, 7) is 2.25. The molecule has 1 aromatic carbocycles. The molecule has 1 saturated heterocycles. The fourth-order valence-corrected chi connectivity index (χ4v) is 4.00. The maximum absolute atomic E-state index is 10.8. The summed E-state index contributed by atoms with van der Waals surface area (Å²) < 4.78 is 0. The number of carboxylic acid groups (broad SMARTS) is 1. The summed E-state index contributed by atoms with van der Waals surface area (Å²) in [7, 11) is 0. The highest BCUT2D eigenvalue weighted by molar-refractivity contribution is 8.03.